The lowest BCUT2D eigenvalue weighted by Crippen LogP contribution is -2.17. The van der Waals surface area contributed by atoms with E-state index in [2.05, 4.69) is 14.9 Å². The summed E-state index contributed by atoms with van der Waals surface area (Å²) < 4.78 is 44.7. The van der Waals surface area contributed by atoms with Crippen LogP contribution in [0.15, 0.2) is 28.7 Å². The molecular formula is C11H9F3N2O2. The van der Waals surface area contributed by atoms with Gasteiger partial charge in [0.25, 0.3) is 0 Å². The highest BCUT2D eigenvalue weighted by Crippen LogP contribution is 2.23. The van der Waals surface area contributed by atoms with Crippen molar-refractivity contribution in [1.29, 1.82) is 0 Å². The SMILES string of the molecule is Cc1nnc(Cc2ccc(OC(F)(F)F)cc2)o1. The molecule has 0 atom stereocenters. The molecule has 96 valence electrons. The molecule has 0 aliphatic rings. The average Bonchev–Trinajstić information content (AvgIpc) is 2.65. The molecule has 4 nitrogen and oxygen atoms in total. The van der Waals surface area contributed by atoms with E-state index in [0.717, 1.165) is 5.56 Å². The normalized spacial score (nSPS) is 11.6. The first-order valence-corrected chi connectivity index (χ1v) is 5.06. The summed E-state index contributed by atoms with van der Waals surface area (Å²) in [6.07, 6.45) is -4.31. The maximum atomic E-state index is 11.9. The summed E-state index contributed by atoms with van der Waals surface area (Å²) in [5.74, 6) is 0.604. The number of nitrogens with zero attached hydrogens (tertiary/aromatic N) is 2. The molecule has 0 radical (unpaired) electrons. The molecule has 0 amide bonds. The van der Waals surface area contributed by atoms with E-state index in [-0.39, 0.29) is 5.75 Å². The molecule has 0 aliphatic heterocycles. The van der Waals surface area contributed by atoms with Crippen LogP contribution in [-0.4, -0.2) is 16.6 Å². The van der Waals surface area contributed by atoms with Crippen LogP contribution >= 0.6 is 0 Å². The smallest absolute Gasteiger partial charge is 0.425 e. The molecule has 7 heteroatoms. The van der Waals surface area contributed by atoms with E-state index < -0.39 is 6.36 Å². The molecule has 2 rings (SSSR count). The average molecular weight is 258 g/mol. The summed E-state index contributed by atoms with van der Waals surface area (Å²) in [7, 11) is 0. The third-order valence-electron chi connectivity index (χ3n) is 2.08. The van der Waals surface area contributed by atoms with E-state index in [9.17, 15) is 13.2 Å². The van der Waals surface area contributed by atoms with Gasteiger partial charge < -0.3 is 9.15 Å². The number of benzene rings is 1. The van der Waals surface area contributed by atoms with Crippen LogP contribution in [0, 0.1) is 6.92 Å². The molecule has 0 aliphatic carbocycles. The fourth-order valence-corrected chi connectivity index (χ4v) is 1.39. The number of hydrogen-bond donors (Lipinski definition) is 0. The van der Waals surface area contributed by atoms with Gasteiger partial charge in [0.1, 0.15) is 5.75 Å². The Morgan fingerprint density at radius 2 is 1.83 bits per heavy atom. The first-order valence-electron chi connectivity index (χ1n) is 5.06. The Labute approximate surface area is 100 Å². The highest BCUT2D eigenvalue weighted by atomic mass is 19.4. The number of hydrogen-bond acceptors (Lipinski definition) is 4. The van der Waals surface area contributed by atoms with Crippen molar-refractivity contribution in [1.82, 2.24) is 10.2 Å². The third-order valence-corrected chi connectivity index (χ3v) is 2.08. The summed E-state index contributed by atoms with van der Waals surface area (Å²) in [5.41, 5.74) is 0.758. The molecule has 1 aromatic heterocycles. The monoisotopic (exact) mass is 258 g/mol. The Morgan fingerprint density at radius 3 is 2.33 bits per heavy atom. The van der Waals surface area contributed by atoms with Crippen LogP contribution in [0.1, 0.15) is 17.3 Å². The molecule has 1 heterocycles. The Hall–Kier alpha value is -2.05. The maximum absolute atomic E-state index is 11.9. The summed E-state index contributed by atoms with van der Waals surface area (Å²) in [5, 5.41) is 7.45. The first kappa shape index (κ1) is 12.4. The van der Waals surface area contributed by atoms with Crippen LogP contribution < -0.4 is 4.74 Å². The molecule has 0 unspecified atom stereocenters. The molecule has 0 bridgehead atoms. The largest absolute Gasteiger partial charge is 0.573 e. The quantitative estimate of drug-likeness (QED) is 0.849. The fourth-order valence-electron chi connectivity index (χ4n) is 1.39. The van der Waals surface area contributed by atoms with Crippen LogP contribution in [0.4, 0.5) is 13.2 Å². The minimum Gasteiger partial charge on any atom is -0.425 e. The predicted octanol–water partition coefficient (Wildman–Crippen LogP) is 2.87. The number of alkyl halides is 3. The van der Waals surface area contributed by atoms with Gasteiger partial charge in [0.2, 0.25) is 11.8 Å². The lowest BCUT2D eigenvalue weighted by atomic mass is 10.1. The lowest BCUT2D eigenvalue weighted by Gasteiger charge is -2.08. The third kappa shape index (κ3) is 3.47. The van der Waals surface area contributed by atoms with E-state index in [1.165, 1.54) is 24.3 Å². The van der Waals surface area contributed by atoms with E-state index in [4.69, 9.17) is 4.42 Å². The number of rotatable bonds is 3. The van der Waals surface area contributed by atoms with Crippen LogP contribution in [0.3, 0.4) is 0 Å². The number of halogens is 3. The molecule has 1 aromatic carbocycles. The minimum atomic E-state index is -4.68. The maximum Gasteiger partial charge on any atom is 0.573 e. The van der Waals surface area contributed by atoms with Crippen molar-refractivity contribution in [2.75, 3.05) is 0 Å². The Bertz CT molecular complexity index is 520. The predicted molar refractivity (Wildman–Crippen MR) is 55.0 cm³/mol. The molecule has 0 N–H and O–H groups in total. The van der Waals surface area contributed by atoms with Gasteiger partial charge in [-0.25, -0.2) is 0 Å². The van der Waals surface area contributed by atoms with Gasteiger partial charge in [-0.15, -0.1) is 23.4 Å². The van der Waals surface area contributed by atoms with Crippen LogP contribution in [0.25, 0.3) is 0 Å². The van der Waals surface area contributed by atoms with Gasteiger partial charge in [-0.05, 0) is 17.7 Å². The van der Waals surface area contributed by atoms with Gasteiger partial charge in [0.15, 0.2) is 0 Å². The van der Waals surface area contributed by atoms with Crippen LogP contribution in [0.5, 0.6) is 5.75 Å². The van der Waals surface area contributed by atoms with Crippen molar-refractivity contribution in [3.05, 3.63) is 41.6 Å². The van der Waals surface area contributed by atoms with Crippen molar-refractivity contribution in [3.8, 4) is 5.75 Å². The first-order chi connectivity index (χ1) is 8.42. The van der Waals surface area contributed by atoms with E-state index in [1.807, 2.05) is 0 Å². The molecular weight excluding hydrogens is 249 g/mol. The van der Waals surface area contributed by atoms with Gasteiger partial charge in [0, 0.05) is 6.92 Å². The molecule has 2 aromatic rings. The van der Waals surface area contributed by atoms with Gasteiger partial charge in [-0.1, -0.05) is 12.1 Å². The van der Waals surface area contributed by atoms with E-state index in [0.29, 0.717) is 18.2 Å². The van der Waals surface area contributed by atoms with Gasteiger partial charge >= 0.3 is 6.36 Å². The van der Waals surface area contributed by atoms with Gasteiger partial charge in [-0.2, -0.15) is 0 Å². The highest BCUT2D eigenvalue weighted by Gasteiger charge is 2.30. The zero-order chi connectivity index (χ0) is 13.2. The van der Waals surface area contributed by atoms with Crippen molar-refractivity contribution < 1.29 is 22.3 Å². The number of aryl methyl sites for hydroxylation is 1. The topological polar surface area (TPSA) is 48.2 Å². The second kappa shape index (κ2) is 4.67. The summed E-state index contributed by atoms with van der Waals surface area (Å²) in [6.45, 7) is 1.66. The fraction of sp³-hybridized carbons (Fsp3) is 0.273. The van der Waals surface area contributed by atoms with Crippen molar-refractivity contribution in [3.63, 3.8) is 0 Å². The summed E-state index contributed by atoms with van der Waals surface area (Å²) in [6, 6.07) is 5.51. The van der Waals surface area contributed by atoms with Crippen molar-refractivity contribution in [2.45, 2.75) is 19.7 Å². The Kier molecular flexibility index (Phi) is 3.22. The van der Waals surface area contributed by atoms with E-state index >= 15 is 0 Å². The molecule has 0 saturated carbocycles. The van der Waals surface area contributed by atoms with E-state index in [1.54, 1.807) is 6.92 Å². The van der Waals surface area contributed by atoms with Crippen molar-refractivity contribution in [2.24, 2.45) is 0 Å². The summed E-state index contributed by atoms with van der Waals surface area (Å²) >= 11 is 0. The number of ether oxygens (including phenoxy) is 1. The highest BCUT2D eigenvalue weighted by molar-refractivity contribution is 5.28. The number of aromatic nitrogens is 2. The molecule has 0 saturated heterocycles. The molecule has 0 spiro atoms. The summed E-state index contributed by atoms with van der Waals surface area (Å²) in [4.78, 5) is 0. The lowest BCUT2D eigenvalue weighted by molar-refractivity contribution is -0.274. The molecule has 0 fully saturated rings. The zero-order valence-electron chi connectivity index (χ0n) is 9.36. The standard InChI is InChI=1S/C11H9F3N2O2/c1-7-15-16-10(17-7)6-8-2-4-9(5-3-8)18-11(12,13)14/h2-5H,6H2,1H3. The van der Waals surface area contributed by atoms with Gasteiger partial charge in [-0.3, -0.25) is 0 Å². The Morgan fingerprint density at radius 1 is 1.17 bits per heavy atom. The second-order valence-corrected chi connectivity index (χ2v) is 3.58. The van der Waals surface area contributed by atoms with Crippen LogP contribution in [-0.2, 0) is 6.42 Å². The van der Waals surface area contributed by atoms with Crippen molar-refractivity contribution >= 4 is 0 Å². The zero-order valence-corrected chi connectivity index (χ0v) is 9.36. The minimum absolute atomic E-state index is 0.257. The Balaban J connectivity index is 2.04. The molecule has 18 heavy (non-hydrogen) atoms. The van der Waals surface area contributed by atoms with Crippen LogP contribution in [0.2, 0.25) is 0 Å². The second-order valence-electron chi connectivity index (χ2n) is 3.58. The van der Waals surface area contributed by atoms with Gasteiger partial charge in [0.05, 0.1) is 6.42 Å².